The van der Waals surface area contributed by atoms with Gasteiger partial charge in [-0.3, -0.25) is 19.2 Å². The Balaban J connectivity index is 0.00000480. The third-order valence-corrected chi connectivity index (χ3v) is 8.48. The van der Waals surface area contributed by atoms with Crippen molar-refractivity contribution in [3.05, 3.63) is 100 Å². The summed E-state index contributed by atoms with van der Waals surface area (Å²) in [5, 5.41) is 7.86. The van der Waals surface area contributed by atoms with Crippen LogP contribution >= 0.6 is 28.3 Å². The molecule has 4 aromatic rings. The number of methoxy groups -OCH3 is 1. The molecule has 0 aliphatic carbocycles. The number of amides is 3. The molecule has 9 nitrogen and oxygen atoms in total. The molecule has 46 heavy (non-hydrogen) atoms. The van der Waals surface area contributed by atoms with Crippen LogP contribution in [0, 0.1) is 0 Å². The van der Waals surface area contributed by atoms with Crippen LogP contribution in [0.1, 0.15) is 47.1 Å². The number of carbonyl (C=O) groups excluding carboxylic acids is 4. The molecule has 0 fully saturated rings. The highest BCUT2D eigenvalue weighted by Crippen LogP contribution is 2.38. The van der Waals surface area contributed by atoms with Gasteiger partial charge in [-0.15, -0.1) is 12.4 Å². The quantitative estimate of drug-likeness (QED) is 0.210. The number of rotatable bonds is 9. The predicted molar refractivity (Wildman–Crippen MR) is 186 cm³/mol. The van der Waals surface area contributed by atoms with Crippen LogP contribution in [-0.4, -0.2) is 55.8 Å². The van der Waals surface area contributed by atoms with Gasteiger partial charge in [-0.1, -0.05) is 59.3 Å². The van der Waals surface area contributed by atoms with Gasteiger partial charge in [0.2, 0.25) is 5.91 Å². The summed E-state index contributed by atoms with van der Waals surface area (Å²) >= 11 is 3.54. The Kier molecular flexibility index (Phi) is 11.2. The molecule has 0 aromatic heterocycles. The normalized spacial score (nSPS) is 15.0. The smallest absolute Gasteiger partial charge is 0.258 e. The number of halogens is 2. The molecule has 0 saturated carbocycles. The minimum atomic E-state index is -1.05. The number of fused-ring (bicyclic) bond motifs is 2. The van der Waals surface area contributed by atoms with E-state index in [0.717, 1.165) is 20.8 Å². The number of ether oxygens (including phenoxy) is 1. The monoisotopic (exact) mass is 706 g/mol. The van der Waals surface area contributed by atoms with Crippen molar-refractivity contribution in [2.75, 3.05) is 30.0 Å². The summed E-state index contributed by atoms with van der Waals surface area (Å²) in [4.78, 5) is 56.9. The van der Waals surface area contributed by atoms with Crippen LogP contribution in [-0.2, 0) is 16.1 Å². The summed E-state index contributed by atoms with van der Waals surface area (Å²) < 4.78 is 6.68. The zero-order valence-corrected chi connectivity index (χ0v) is 28.4. The van der Waals surface area contributed by atoms with Crippen molar-refractivity contribution in [1.29, 1.82) is 0 Å². The van der Waals surface area contributed by atoms with E-state index in [1.165, 1.54) is 11.8 Å². The average Bonchev–Trinajstić information content (AvgIpc) is 3.15. The molecule has 11 heteroatoms. The number of anilines is 2. The fraction of sp³-hybridized carbons (Fsp3) is 0.257. The van der Waals surface area contributed by atoms with Gasteiger partial charge in [-0.25, -0.2) is 0 Å². The summed E-state index contributed by atoms with van der Waals surface area (Å²) in [5.41, 5.74) is 2.66. The van der Waals surface area contributed by atoms with E-state index < -0.39 is 12.1 Å². The first-order valence-electron chi connectivity index (χ1n) is 14.7. The van der Waals surface area contributed by atoms with Crippen LogP contribution < -0.4 is 25.2 Å². The van der Waals surface area contributed by atoms with Gasteiger partial charge >= 0.3 is 0 Å². The molecule has 0 saturated heterocycles. The number of benzene rings is 4. The lowest BCUT2D eigenvalue weighted by atomic mass is 10.0. The van der Waals surface area contributed by atoms with Crippen molar-refractivity contribution < 1.29 is 23.9 Å². The van der Waals surface area contributed by atoms with Crippen LogP contribution in [0.3, 0.4) is 0 Å². The van der Waals surface area contributed by atoms with E-state index in [1.807, 2.05) is 49.4 Å². The van der Waals surface area contributed by atoms with E-state index in [-0.39, 0.29) is 49.0 Å². The number of hydrogen-bond acceptors (Lipinski definition) is 6. The third kappa shape index (κ3) is 7.09. The van der Waals surface area contributed by atoms with E-state index in [4.69, 9.17) is 4.74 Å². The molecular weight excluding hydrogens is 672 g/mol. The first-order chi connectivity index (χ1) is 21.6. The molecule has 0 radical (unpaired) electrons. The predicted octanol–water partition coefficient (Wildman–Crippen LogP) is 5.91. The summed E-state index contributed by atoms with van der Waals surface area (Å²) in [7, 11) is 1.59. The van der Waals surface area contributed by atoms with Gasteiger partial charge in [0.1, 0.15) is 11.8 Å². The number of ketones is 1. The van der Waals surface area contributed by atoms with Crippen molar-refractivity contribution >= 4 is 74.0 Å². The molecule has 0 spiro atoms. The number of nitrogens with zero attached hydrogens (tertiary/aromatic N) is 2. The summed E-state index contributed by atoms with van der Waals surface area (Å²) in [6, 6.07) is 21.8. The average molecular weight is 708 g/mol. The summed E-state index contributed by atoms with van der Waals surface area (Å²) in [6.45, 7) is 5.69. The molecule has 1 aliphatic heterocycles. The highest BCUT2D eigenvalue weighted by Gasteiger charge is 2.38. The van der Waals surface area contributed by atoms with E-state index >= 15 is 0 Å². The van der Waals surface area contributed by atoms with Gasteiger partial charge in [0.25, 0.3) is 11.8 Å². The first-order valence-corrected chi connectivity index (χ1v) is 15.5. The van der Waals surface area contributed by atoms with Crippen molar-refractivity contribution in [3.63, 3.8) is 0 Å². The second-order valence-corrected chi connectivity index (χ2v) is 11.8. The SMILES string of the molecule is CCN[C@@H](C)C(=O)N[C@H]1CN(C(=O)c2ccc(C(C)=O)cc2)c2ccccc2N(Cc2c(OC)ccc3cc(Br)ccc23)C1=O.Cl. The number of carbonyl (C=O) groups is 4. The molecule has 4 aromatic carbocycles. The van der Waals surface area contributed by atoms with Crippen LogP contribution in [0.5, 0.6) is 5.75 Å². The van der Waals surface area contributed by atoms with Gasteiger partial charge in [-0.05, 0) is 73.6 Å². The second-order valence-electron chi connectivity index (χ2n) is 10.9. The van der Waals surface area contributed by atoms with Crippen LogP contribution in [0.4, 0.5) is 11.4 Å². The molecule has 0 bridgehead atoms. The molecule has 1 heterocycles. The van der Waals surface area contributed by atoms with Crippen molar-refractivity contribution in [2.24, 2.45) is 0 Å². The minimum absolute atomic E-state index is 0. The van der Waals surface area contributed by atoms with E-state index in [1.54, 1.807) is 55.3 Å². The highest BCUT2D eigenvalue weighted by molar-refractivity contribution is 9.10. The summed E-state index contributed by atoms with van der Waals surface area (Å²) in [5.74, 6) is -0.577. The highest BCUT2D eigenvalue weighted by atomic mass is 79.9. The van der Waals surface area contributed by atoms with Gasteiger partial charge in [0.15, 0.2) is 5.78 Å². The largest absolute Gasteiger partial charge is 0.496 e. The van der Waals surface area contributed by atoms with E-state index in [0.29, 0.717) is 34.8 Å². The molecular formula is C35H36BrClN4O5. The lowest BCUT2D eigenvalue weighted by molar-refractivity contribution is -0.128. The van der Waals surface area contributed by atoms with Gasteiger partial charge in [-0.2, -0.15) is 0 Å². The maximum atomic E-state index is 14.5. The van der Waals surface area contributed by atoms with E-state index in [9.17, 15) is 19.2 Å². The molecule has 3 amide bonds. The van der Waals surface area contributed by atoms with Crippen LogP contribution in [0.2, 0.25) is 0 Å². The second kappa shape index (κ2) is 14.9. The Morgan fingerprint density at radius 1 is 0.978 bits per heavy atom. The molecule has 5 rings (SSSR count). The molecule has 1 aliphatic rings. The zero-order chi connectivity index (χ0) is 32.2. The fourth-order valence-corrected chi connectivity index (χ4v) is 5.98. The maximum Gasteiger partial charge on any atom is 0.258 e. The number of para-hydroxylation sites is 2. The Morgan fingerprint density at radius 2 is 1.65 bits per heavy atom. The van der Waals surface area contributed by atoms with Gasteiger partial charge in [0, 0.05) is 21.2 Å². The Bertz CT molecular complexity index is 1780. The van der Waals surface area contributed by atoms with Crippen molar-refractivity contribution in [1.82, 2.24) is 10.6 Å². The van der Waals surface area contributed by atoms with Crippen molar-refractivity contribution in [3.8, 4) is 5.75 Å². The topological polar surface area (TPSA) is 108 Å². The maximum absolute atomic E-state index is 14.5. The van der Waals surface area contributed by atoms with Gasteiger partial charge < -0.3 is 25.2 Å². The van der Waals surface area contributed by atoms with Crippen molar-refractivity contribution in [2.45, 2.75) is 39.4 Å². The van der Waals surface area contributed by atoms with Crippen LogP contribution in [0.25, 0.3) is 10.8 Å². The third-order valence-electron chi connectivity index (χ3n) is 7.98. The Labute approximate surface area is 282 Å². The summed E-state index contributed by atoms with van der Waals surface area (Å²) in [6.07, 6.45) is 0. The lowest BCUT2D eigenvalue weighted by Crippen LogP contribution is -2.56. The molecule has 0 unspecified atom stereocenters. The minimum Gasteiger partial charge on any atom is -0.496 e. The standard InChI is InChI=1S/C35H35BrN4O5.ClH/c1-5-37-21(2)33(42)38-29-20-40(34(43)24-12-10-23(11-13-24)22(3)41)31-9-7-6-8-30(31)39(35(29)44)19-28-27-16-15-26(36)18-25(27)14-17-32(28)45-4;/h6-18,21,29,37H,5,19-20H2,1-4H3,(H,38,42);1H/t21-,29-;/m0./s1. The number of hydrogen-bond donors (Lipinski definition) is 2. The fourth-order valence-electron chi connectivity index (χ4n) is 5.61. The van der Waals surface area contributed by atoms with E-state index in [2.05, 4.69) is 26.6 Å². The molecule has 2 atom stereocenters. The number of nitrogens with one attached hydrogen (secondary N) is 2. The number of likely N-dealkylation sites (N-methyl/N-ethyl adjacent to an activating group) is 1. The Hall–Kier alpha value is -4.25. The number of Topliss-reactive ketones (excluding diaryl/α,β-unsaturated/α-hetero) is 1. The van der Waals surface area contributed by atoms with Gasteiger partial charge in [0.05, 0.1) is 37.6 Å². The molecule has 240 valence electrons. The Morgan fingerprint density at radius 3 is 2.30 bits per heavy atom. The zero-order valence-electron chi connectivity index (χ0n) is 26.0. The molecule has 2 N–H and O–H groups in total. The van der Waals surface area contributed by atoms with Crippen LogP contribution in [0.15, 0.2) is 83.3 Å². The lowest BCUT2D eigenvalue weighted by Gasteiger charge is -2.27. The first kappa shape index (κ1) is 34.6.